The van der Waals surface area contributed by atoms with Gasteiger partial charge >= 0.3 is 0 Å². The fourth-order valence-corrected chi connectivity index (χ4v) is 0.970. The number of aryl methyl sites for hydroxylation is 1. The summed E-state index contributed by atoms with van der Waals surface area (Å²) in [4.78, 5) is 3.87. The monoisotopic (exact) mass is 181 g/mol. The van der Waals surface area contributed by atoms with E-state index in [4.69, 9.17) is 0 Å². The Morgan fingerprint density at radius 2 is 2.00 bits per heavy atom. The Hall–Kier alpha value is -1.45. The third kappa shape index (κ3) is 1.83. The van der Waals surface area contributed by atoms with Crippen LogP contribution >= 0.6 is 0 Å². The maximum Gasteiger partial charge on any atom is 0.159 e. The highest BCUT2D eigenvalue weighted by Gasteiger charge is 2.00. The van der Waals surface area contributed by atoms with Crippen LogP contribution in [0.15, 0.2) is 18.6 Å². The minimum Gasteiger partial charge on any atom is -0.234 e. The van der Waals surface area contributed by atoms with Crippen molar-refractivity contribution in [3.8, 4) is 0 Å². The second kappa shape index (κ2) is 3.98. The highest BCUT2D eigenvalue weighted by molar-refractivity contribution is 5.44. The smallest absolute Gasteiger partial charge is 0.159 e. The van der Waals surface area contributed by atoms with Crippen molar-refractivity contribution in [2.45, 2.75) is 20.8 Å². The van der Waals surface area contributed by atoms with E-state index in [0.717, 1.165) is 5.56 Å². The molecule has 4 heteroatoms. The summed E-state index contributed by atoms with van der Waals surface area (Å²) in [7, 11) is 0. The molecule has 0 aliphatic carbocycles. The molecule has 0 saturated heterocycles. The number of hydrogen-bond donors (Lipinski definition) is 0. The van der Waals surface area contributed by atoms with Gasteiger partial charge in [0.05, 0.1) is 18.6 Å². The van der Waals surface area contributed by atoms with Gasteiger partial charge in [0, 0.05) is 5.56 Å². The normalized spacial score (nSPS) is 9.54. The topological polar surface area (TPSA) is 30.2 Å². The maximum absolute atomic E-state index is 12.5. The van der Waals surface area contributed by atoms with Gasteiger partial charge in [-0.25, -0.2) is 13.9 Å². The number of hydrogen-bond acceptors (Lipinski definition) is 2. The molecular weight excluding hydrogens is 169 g/mol. The molecule has 0 unspecified atom stereocenters. The molecule has 0 N–H and O–H groups in total. The predicted molar refractivity (Wildman–Crippen MR) is 49.0 cm³/mol. The summed E-state index contributed by atoms with van der Waals surface area (Å²) < 4.78 is 13.9. The standard InChI is InChI=1S/C7H6FN3.C2H6/c1-5-2-10-11-4-6(8)3-9-7(5)11;1-2/h2-4H,1H3;1-2H3. The van der Waals surface area contributed by atoms with Gasteiger partial charge in [0.2, 0.25) is 0 Å². The summed E-state index contributed by atoms with van der Waals surface area (Å²) in [5.41, 5.74) is 1.65. The minimum absolute atomic E-state index is 0.374. The van der Waals surface area contributed by atoms with Crippen molar-refractivity contribution >= 4 is 5.65 Å². The largest absolute Gasteiger partial charge is 0.234 e. The summed E-state index contributed by atoms with van der Waals surface area (Å²) >= 11 is 0. The molecule has 70 valence electrons. The SMILES string of the molecule is CC.Cc1cnn2cc(F)cnc12. The molecule has 0 fully saturated rings. The zero-order valence-electron chi connectivity index (χ0n) is 7.95. The van der Waals surface area contributed by atoms with Crippen LogP contribution in [-0.4, -0.2) is 14.6 Å². The van der Waals surface area contributed by atoms with Crippen LogP contribution in [0, 0.1) is 12.7 Å². The molecule has 0 radical (unpaired) electrons. The predicted octanol–water partition coefficient (Wildman–Crippen LogP) is 2.20. The Morgan fingerprint density at radius 3 is 2.69 bits per heavy atom. The van der Waals surface area contributed by atoms with E-state index in [1.165, 1.54) is 16.9 Å². The molecule has 13 heavy (non-hydrogen) atoms. The number of rotatable bonds is 0. The molecule has 0 atom stereocenters. The molecule has 2 rings (SSSR count). The lowest BCUT2D eigenvalue weighted by Gasteiger charge is -1.91. The maximum atomic E-state index is 12.5. The van der Waals surface area contributed by atoms with Crippen molar-refractivity contribution in [1.82, 2.24) is 14.6 Å². The van der Waals surface area contributed by atoms with E-state index < -0.39 is 0 Å². The van der Waals surface area contributed by atoms with Gasteiger partial charge in [0.1, 0.15) is 0 Å². The highest BCUT2D eigenvalue weighted by Crippen LogP contribution is 2.05. The first-order valence-corrected chi connectivity index (χ1v) is 4.23. The molecule has 2 aromatic rings. The van der Waals surface area contributed by atoms with Crippen molar-refractivity contribution in [1.29, 1.82) is 0 Å². The van der Waals surface area contributed by atoms with Crippen LogP contribution in [0.1, 0.15) is 19.4 Å². The highest BCUT2D eigenvalue weighted by atomic mass is 19.1. The third-order valence-corrected chi connectivity index (χ3v) is 1.50. The van der Waals surface area contributed by atoms with Crippen LogP contribution in [0.5, 0.6) is 0 Å². The second-order valence-electron chi connectivity index (χ2n) is 2.37. The lowest BCUT2D eigenvalue weighted by Crippen LogP contribution is -1.91. The Morgan fingerprint density at radius 1 is 1.31 bits per heavy atom. The van der Waals surface area contributed by atoms with E-state index in [9.17, 15) is 4.39 Å². The molecule has 0 aliphatic rings. The fraction of sp³-hybridized carbons (Fsp3) is 0.333. The summed E-state index contributed by atoms with van der Waals surface area (Å²) in [5.74, 6) is -0.374. The first kappa shape index (κ1) is 9.64. The number of nitrogens with zero attached hydrogens (tertiary/aromatic N) is 3. The van der Waals surface area contributed by atoms with Gasteiger partial charge in [-0.05, 0) is 6.92 Å². The second-order valence-corrected chi connectivity index (χ2v) is 2.37. The van der Waals surface area contributed by atoms with Gasteiger partial charge in [0.25, 0.3) is 0 Å². The van der Waals surface area contributed by atoms with Gasteiger partial charge in [-0.3, -0.25) is 0 Å². The van der Waals surface area contributed by atoms with Gasteiger partial charge in [-0.1, -0.05) is 13.8 Å². The van der Waals surface area contributed by atoms with Crippen LogP contribution in [0.25, 0.3) is 5.65 Å². The fourth-order valence-electron chi connectivity index (χ4n) is 0.970. The molecule has 3 nitrogen and oxygen atoms in total. The summed E-state index contributed by atoms with van der Waals surface area (Å²) in [5, 5.41) is 3.89. The van der Waals surface area contributed by atoms with Gasteiger partial charge in [-0.2, -0.15) is 5.10 Å². The lowest BCUT2D eigenvalue weighted by atomic mass is 10.4. The Labute approximate surface area is 76.2 Å². The molecule has 2 aromatic heterocycles. The van der Waals surface area contributed by atoms with Gasteiger partial charge < -0.3 is 0 Å². The molecule has 0 amide bonds. The molecule has 0 bridgehead atoms. The van der Waals surface area contributed by atoms with E-state index in [1.54, 1.807) is 6.20 Å². The van der Waals surface area contributed by atoms with Crippen LogP contribution < -0.4 is 0 Å². The average Bonchev–Trinajstić information content (AvgIpc) is 2.51. The van der Waals surface area contributed by atoms with Gasteiger partial charge in [0.15, 0.2) is 11.5 Å². The summed E-state index contributed by atoms with van der Waals surface area (Å²) in [6.07, 6.45) is 4.14. The molecule has 0 saturated carbocycles. The first-order valence-electron chi connectivity index (χ1n) is 4.23. The van der Waals surface area contributed by atoms with Crippen LogP contribution in [0.2, 0.25) is 0 Å². The van der Waals surface area contributed by atoms with Crippen molar-refractivity contribution in [2.75, 3.05) is 0 Å². The van der Waals surface area contributed by atoms with Crippen LogP contribution in [0.4, 0.5) is 4.39 Å². The van der Waals surface area contributed by atoms with Crippen LogP contribution in [-0.2, 0) is 0 Å². The van der Waals surface area contributed by atoms with Crippen molar-refractivity contribution in [3.05, 3.63) is 30.0 Å². The number of fused-ring (bicyclic) bond motifs is 1. The molecule has 0 aliphatic heterocycles. The van der Waals surface area contributed by atoms with E-state index in [-0.39, 0.29) is 5.82 Å². The van der Waals surface area contributed by atoms with Crippen molar-refractivity contribution in [2.24, 2.45) is 0 Å². The number of halogens is 1. The van der Waals surface area contributed by atoms with E-state index >= 15 is 0 Å². The summed E-state index contributed by atoms with van der Waals surface area (Å²) in [6, 6.07) is 0. The van der Waals surface area contributed by atoms with E-state index in [2.05, 4.69) is 10.1 Å². The zero-order valence-corrected chi connectivity index (χ0v) is 7.95. The average molecular weight is 181 g/mol. The molecule has 0 aromatic carbocycles. The molecular formula is C9H12FN3. The first-order chi connectivity index (χ1) is 6.27. The lowest BCUT2D eigenvalue weighted by molar-refractivity contribution is 0.607. The van der Waals surface area contributed by atoms with Crippen molar-refractivity contribution < 1.29 is 4.39 Å². The minimum atomic E-state index is -0.374. The number of aromatic nitrogens is 3. The van der Waals surface area contributed by atoms with E-state index in [0.29, 0.717) is 5.65 Å². The summed E-state index contributed by atoms with van der Waals surface area (Å²) in [6.45, 7) is 5.88. The zero-order chi connectivity index (χ0) is 9.84. The van der Waals surface area contributed by atoms with Crippen LogP contribution in [0.3, 0.4) is 0 Å². The molecule has 2 heterocycles. The Kier molecular flexibility index (Phi) is 2.95. The Bertz CT molecular complexity index is 395. The third-order valence-electron chi connectivity index (χ3n) is 1.50. The quantitative estimate of drug-likeness (QED) is 0.623. The molecule has 0 spiro atoms. The van der Waals surface area contributed by atoms with Crippen molar-refractivity contribution in [3.63, 3.8) is 0 Å². The van der Waals surface area contributed by atoms with E-state index in [1.807, 2.05) is 20.8 Å². The Balaban J connectivity index is 0.000000396. The van der Waals surface area contributed by atoms with Gasteiger partial charge in [-0.15, -0.1) is 0 Å².